The van der Waals surface area contributed by atoms with Crippen molar-refractivity contribution in [2.45, 2.75) is 19.4 Å². The molecule has 0 amide bonds. The standard InChI is InChI=1S/C10H12ClNO4.C10H10ClNO4/c2*11-4-1-5-16-9-2-3-10(12(14)15)8(6-9)7-13/h2-3,6,13H,1,4-5,7H2;2-3,6-7H,1,4-5H2. The lowest BCUT2D eigenvalue weighted by Gasteiger charge is -2.06. The van der Waals surface area contributed by atoms with E-state index in [4.69, 9.17) is 37.8 Å². The van der Waals surface area contributed by atoms with Gasteiger partial charge in [-0.25, -0.2) is 0 Å². The van der Waals surface area contributed by atoms with Gasteiger partial charge >= 0.3 is 0 Å². The highest BCUT2D eigenvalue weighted by molar-refractivity contribution is 6.18. The molecule has 0 saturated carbocycles. The number of carbonyl (C=O) groups excluding carboxylic acids is 1. The second-order valence-electron chi connectivity index (χ2n) is 6.08. The summed E-state index contributed by atoms with van der Waals surface area (Å²) >= 11 is 11.0. The van der Waals surface area contributed by atoms with Crippen LogP contribution in [0, 0.1) is 20.2 Å². The maximum atomic E-state index is 10.6. The Bertz CT molecular complexity index is 911. The minimum atomic E-state index is -0.605. The van der Waals surface area contributed by atoms with Gasteiger partial charge in [0.2, 0.25) is 0 Å². The maximum Gasteiger partial charge on any atom is 0.280 e. The molecular weight excluding hydrogens is 467 g/mol. The van der Waals surface area contributed by atoms with Gasteiger partial charge in [-0.2, -0.15) is 0 Å². The Kier molecular flexibility index (Phi) is 12.7. The summed E-state index contributed by atoms with van der Waals surface area (Å²) in [4.78, 5) is 30.6. The maximum absolute atomic E-state index is 10.6. The zero-order chi connectivity index (χ0) is 23.9. The van der Waals surface area contributed by atoms with Crippen molar-refractivity contribution < 1.29 is 29.2 Å². The Balaban J connectivity index is 0.000000320. The van der Waals surface area contributed by atoms with Crippen molar-refractivity contribution in [2.24, 2.45) is 0 Å². The molecule has 0 aliphatic heterocycles. The number of nitro groups is 2. The van der Waals surface area contributed by atoms with E-state index >= 15 is 0 Å². The van der Waals surface area contributed by atoms with Crippen LogP contribution in [0.25, 0.3) is 0 Å². The van der Waals surface area contributed by atoms with Gasteiger partial charge in [-0.3, -0.25) is 25.0 Å². The molecule has 0 fully saturated rings. The van der Waals surface area contributed by atoms with E-state index in [0.717, 1.165) is 0 Å². The first-order valence-corrected chi connectivity index (χ1v) is 10.4. The van der Waals surface area contributed by atoms with E-state index in [9.17, 15) is 25.0 Å². The molecule has 0 atom stereocenters. The molecule has 0 radical (unpaired) electrons. The molecule has 12 heteroatoms. The Hall–Kier alpha value is -2.95. The number of halogens is 2. The van der Waals surface area contributed by atoms with Crippen LogP contribution in [0.3, 0.4) is 0 Å². The van der Waals surface area contributed by atoms with Crippen LogP contribution in [0.1, 0.15) is 28.8 Å². The topological polar surface area (TPSA) is 142 Å². The highest BCUT2D eigenvalue weighted by atomic mass is 35.5. The van der Waals surface area contributed by atoms with Crippen molar-refractivity contribution in [3.63, 3.8) is 0 Å². The SMILES string of the molecule is O=Cc1cc(OCCCCl)ccc1[N+](=O)[O-].O=[N+]([O-])c1ccc(OCCCCl)cc1CO. The van der Waals surface area contributed by atoms with Gasteiger partial charge in [0.15, 0.2) is 6.29 Å². The lowest BCUT2D eigenvalue weighted by molar-refractivity contribution is -0.385. The summed E-state index contributed by atoms with van der Waals surface area (Å²) < 4.78 is 10.6. The fourth-order valence-electron chi connectivity index (χ4n) is 2.33. The number of benzene rings is 2. The largest absolute Gasteiger partial charge is 0.494 e. The molecule has 2 aromatic carbocycles. The molecule has 32 heavy (non-hydrogen) atoms. The van der Waals surface area contributed by atoms with E-state index in [0.29, 0.717) is 55.6 Å². The molecule has 0 heterocycles. The number of alkyl halides is 2. The Morgan fingerprint density at radius 2 is 1.38 bits per heavy atom. The Morgan fingerprint density at radius 1 is 0.875 bits per heavy atom. The molecule has 0 bridgehead atoms. The molecular formula is C20H22Cl2N2O8. The zero-order valence-corrected chi connectivity index (χ0v) is 18.5. The fraction of sp³-hybridized carbons (Fsp3) is 0.350. The van der Waals surface area contributed by atoms with Crippen LogP contribution >= 0.6 is 23.2 Å². The first-order chi connectivity index (χ1) is 15.4. The minimum Gasteiger partial charge on any atom is -0.494 e. The quantitative estimate of drug-likeness (QED) is 0.151. The molecule has 2 aromatic rings. The second kappa shape index (κ2) is 15.0. The van der Waals surface area contributed by atoms with Crippen LogP contribution in [0.15, 0.2) is 36.4 Å². The van der Waals surface area contributed by atoms with Crippen LogP contribution in [-0.2, 0) is 6.61 Å². The number of aliphatic hydroxyl groups is 1. The number of carbonyl (C=O) groups is 1. The fourth-order valence-corrected chi connectivity index (χ4v) is 2.55. The van der Waals surface area contributed by atoms with Gasteiger partial charge in [-0.05, 0) is 37.1 Å². The van der Waals surface area contributed by atoms with Crippen LogP contribution in [0.5, 0.6) is 11.5 Å². The van der Waals surface area contributed by atoms with Gasteiger partial charge in [0, 0.05) is 23.9 Å². The molecule has 0 saturated heterocycles. The lowest BCUT2D eigenvalue weighted by Crippen LogP contribution is -2.00. The van der Waals surface area contributed by atoms with Crippen molar-refractivity contribution in [1.82, 2.24) is 0 Å². The number of aliphatic hydroxyl groups excluding tert-OH is 1. The number of hydrogen-bond acceptors (Lipinski definition) is 8. The zero-order valence-electron chi connectivity index (χ0n) is 16.9. The molecule has 174 valence electrons. The number of nitro benzene ring substituents is 2. The van der Waals surface area contributed by atoms with Crippen LogP contribution < -0.4 is 9.47 Å². The summed E-state index contributed by atoms with van der Waals surface area (Å²) in [5.41, 5.74) is -0.0753. The Morgan fingerprint density at radius 3 is 1.81 bits per heavy atom. The van der Waals surface area contributed by atoms with Crippen LogP contribution in [0.2, 0.25) is 0 Å². The summed E-state index contributed by atoms with van der Waals surface area (Å²) in [6.45, 7) is 0.481. The third kappa shape index (κ3) is 9.04. The summed E-state index contributed by atoms with van der Waals surface area (Å²) in [6.07, 6.45) is 1.81. The third-order valence-corrected chi connectivity index (χ3v) is 4.37. The van der Waals surface area contributed by atoms with E-state index in [1.807, 2.05) is 0 Å². The molecule has 0 aliphatic carbocycles. The smallest absolute Gasteiger partial charge is 0.280 e. The first kappa shape index (κ1) is 27.1. The van der Waals surface area contributed by atoms with E-state index < -0.39 is 9.85 Å². The summed E-state index contributed by atoms with van der Waals surface area (Å²) in [6, 6.07) is 8.35. The molecule has 10 nitrogen and oxygen atoms in total. The molecule has 1 N–H and O–H groups in total. The molecule has 0 spiro atoms. The third-order valence-electron chi connectivity index (χ3n) is 3.83. The number of ether oxygens (including phenoxy) is 2. The van der Waals surface area contributed by atoms with E-state index in [1.165, 1.54) is 36.4 Å². The number of nitrogens with zero attached hydrogens (tertiary/aromatic N) is 2. The second-order valence-corrected chi connectivity index (χ2v) is 6.84. The van der Waals surface area contributed by atoms with Crippen LogP contribution in [-0.4, -0.2) is 46.2 Å². The van der Waals surface area contributed by atoms with E-state index in [-0.39, 0.29) is 29.1 Å². The van der Waals surface area contributed by atoms with Gasteiger partial charge in [0.05, 0.1) is 40.8 Å². The molecule has 0 aliphatic rings. The summed E-state index contributed by atoms with van der Waals surface area (Å²) in [7, 11) is 0. The van der Waals surface area contributed by atoms with Gasteiger partial charge in [-0.1, -0.05) is 0 Å². The van der Waals surface area contributed by atoms with Gasteiger partial charge in [-0.15, -0.1) is 23.2 Å². The lowest BCUT2D eigenvalue weighted by atomic mass is 10.2. The number of rotatable bonds is 12. The van der Waals surface area contributed by atoms with Gasteiger partial charge < -0.3 is 14.6 Å². The average molecular weight is 489 g/mol. The first-order valence-electron chi connectivity index (χ1n) is 9.37. The van der Waals surface area contributed by atoms with Gasteiger partial charge in [0.25, 0.3) is 11.4 Å². The summed E-state index contributed by atoms with van der Waals surface area (Å²) in [5.74, 6) is 1.91. The highest BCUT2D eigenvalue weighted by Crippen LogP contribution is 2.24. The highest BCUT2D eigenvalue weighted by Gasteiger charge is 2.14. The van der Waals surface area contributed by atoms with Crippen molar-refractivity contribution in [2.75, 3.05) is 25.0 Å². The van der Waals surface area contributed by atoms with Crippen LogP contribution in [0.4, 0.5) is 11.4 Å². The minimum absolute atomic E-state index is 0.00775. The van der Waals surface area contributed by atoms with Crippen molar-refractivity contribution in [1.29, 1.82) is 0 Å². The van der Waals surface area contributed by atoms with E-state index in [1.54, 1.807) is 0 Å². The normalized spacial score (nSPS) is 9.97. The van der Waals surface area contributed by atoms with Crippen molar-refractivity contribution in [3.8, 4) is 11.5 Å². The predicted octanol–water partition coefficient (Wildman–Crippen LogP) is 4.51. The summed E-state index contributed by atoms with van der Waals surface area (Å²) in [5, 5.41) is 30.1. The predicted molar refractivity (Wildman–Crippen MR) is 119 cm³/mol. The molecule has 0 unspecified atom stereocenters. The Labute approximate surface area is 194 Å². The monoisotopic (exact) mass is 488 g/mol. The van der Waals surface area contributed by atoms with E-state index in [2.05, 4.69) is 0 Å². The molecule has 2 rings (SSSR count). The van der Waals surface area contributed by atoms with Gasteiger partial charge in [0.1, 0.15) is 11.5 Å². The number of hydrogen-bond donors (Lipinski definition) is 1. The van der Waals surface area contributed by atoms with Crippen molar-refractivity contribution in [3.05, 3.63) is 67.8 Å². The number of aldehydes is 1. The molecule has 0 aromatic heterocycles. The van der Waals surface area contributed by atoms with Crippen molar-refractivity contribution >= 4 is 40.9 Å². The average Bonchev–Trinajstić information content (AvgIpc) is 2.79.